The number of aromatic hydroxyl groups is 1. The summed E-state index contributed by atoms with van der Waals surface area (Å²) < 4.78 is 36.9. The highest BCUT2D eigenvalue weighted by Crippen LogP contribution is 2.27. The molecule has 1 amide bonds. The topological polar surface area (TPSA) is 75.1 Å². The van der Waals surface area contributed by atoms with Gasteiger partial charge in [0.2, 0.25) is 5.82 Å². The summed E-state index contributed by atoms with van der Waals surface area (Å²) in [4.78, 5) is 17.9. The third-order valence-corrected chi connectivity index (χ3v) is 2.61. The van der Waals surface area contributed by atoms with Crippen LogP contribution in [0.4, 0.5) is 18.9 Å². The first-order valence-electron chi connectivity index (χ1n) is 5.46. The zero-order valence-corrected chi connectivity index (χ0v) is 10.9. The molecule has 0 aliphatic heterocycles. The van der Waals surface area contributed by atoms with Crippen molar-refractivity contribution in [3.63, 3.8) is 0 Å². The third kappa shape index (κ3) is 3.60. The van der Waals surface area contributed by atoms with E-state index in [2.05, 4.69) is 15.3 Å². The molecule has 0 atom stereocenters. The van der Waals surface area contributed by atoms with Gasteiger partial charge in [-0.1, -0.05) is 11.6 Å². The van der Waals surface area contributed by atoms with Crippen LogP contribution in [0.5, 0.6) is 5.75 Å². The molecule has 0 aliphatic carbocycles. The molecule has 2 N–H and O–H groups in total. The zero-order valence-electron chi connectivity index (χ0n) is 10.1. The van der Waals surface area contributed by atoms with Gasteiger partial charge >= 0.3 is 6.18 Å². The Morgan fingerprint density at radius 2 is 1.86 bits per heavy atom. The normalized spacial score (nSPS) is 11.2. The lowest BCUT2D eigenvalue weighted by Gasteiger charge is -2.08. The molecule has 0 radical (unpaired) electrons. The second-order valence-electron chi connectivity index (χ2n) is 3.91. The Labute approximate surface area is 121 Å². The minimum Gasteiger partial charge on any atom is -0.506 e. The fourth-order valence-electron chi connectivity index (χ4n) is 1.39. The lowest BCUT2D eigenvalue weighted by atomic mass is 10.2. The fourth-order valence-corrected chi connectivity index (χ4v) is 1.57. The van der Waals surface area contributed by atoms with Crippen molar-refractivity contribution in [1.82, 2.24) is 9.97 Å². The van der Waals surface area contributed by atoms with E-state index in [-0.39, 0.29) is 22.0 Å². The highest BCUT2D eigenvalue weighted by atomic mass is 35.5. The number of aromatic nitrogens is 2. The smallest absolute Gasteiger partial charge is 0.451 e. The maximum absolute atomic E-state index is 12.3. The Balaban J connectivity index is 2.19. The summed E-state index contributed by atoms with van der Waals surface area (Å²) in [5.74, 6) is -2.36. The number of alkyl halides is 3. The molecule has 0 spiro atoms. The van der Waals surface area contributed by atoms with E-state index in [1.807, 2.05) is 0 Å². The molecule has 110 valence electrons. The van der Waals surface area contributed by atoms with E-state index in [1.165, 1.54) is 18.2 Å². The predicted molar refractivity (Wildman–Crippen MR) is 68.1 cm³/mol. The second kappa shape index (κ2) is 5.57. The van der Waals surface area contributed by atoms with Crippen LogP contribution in [0.2, 0.25) is 5.02 Å². The summed E-state index contributed by atoms with van der Waals surface area (Å²) >= 11 is 5.71. The van der Waals surface area contributed by atoms with Crippen molar-refractivity contribution in [2.45, 2.75) is 6.18 Å². The van der Waals surface area contributed by atoms with Gasteiger partial charge in [0.05, 0.1) is 11.3 Å². The Bertz CT molecular complexity index is 674. The first-order valence-corrected chi connectivity index (χ1v) is 5.84. The average molecular weight is 318 g/mol. The van der Waals surface area contributed by atoms with Crippen LogP contribution in [-0.2, 0) is 6.18 Å². The van der Waals surface area contributed by atoms with Crippen LogP contribution in [-0.4, -0.2) is 21.0 Å². The van der Waals surface area contributed by atoms with Gasteiger partial charge in [-0.2, -0.15) is 13.2 Å². The lowest BCUT2D eigenvalue weighted by molar-refractivity contribution is -0.145. The minimum absolute atomic E-state index is 0.0207. The molecule has 0 unspecified atom stereocenters. The lowest BCUT2D eigenvalue weighted by Crippen LogP contribution is -2.16. The number of phenolic OH excluding ortho intramolecular Hbond substituents is 1. The standard InChI is InChI=1S/C12H7ClF3N3O2/c13-7-1-2-9(20)8(3-7)19-10(21)6-4-17-11(18-5-6)12(14,15)16/h1-5,20H,(H,19,21). The minimum atomic E-state index is -4.68. The number of carbonyl (C=O) groups excluding carboxylic acids is 1. The van der Waals surface area contributed by atoms with Crippen LogP contribution >= 0.6 is 11.6 Å². The Hall–Kier alpha value is -2.35. The van der Waals surface area contributed by atoms with Crippen LogP contribution < -0.4 is 5.32 Å². The first kappa shape index (κ1) is 15.0. The van der Waals surface area contributed by atoms with Gasteiger partial charge in [-0.05, 0) is 18.2 Å². The van der Waals surface area contributed by atoms with E-state index < -0.39 is 17.9 Å². The van der Waals surface area contributed by atoms with Gasteiger partial charge in [-0.3, -0.25) is 4.79 Å². The predicted octanol–water partition coefficient (Wildman–Crippen LogP) is 3.11. The van der Waals surface area contributed by atoms with Gasteiger partial charge in [-0.15, -0.1) is 0 Å². The number of anilines is 1. The number of amides is 1. The summed E-state index contributed by atoms with van der Waals surface area (Å²) in [6.45, 7) is 0. The molecule has 1 heterocycles. The van der Waals surface area contributed by atoms with Crippen LogP contribution in [0.3, 0.4) is 0 Å². The number of rotatable bonds is 2. The number of halogens is 4. The molecule has 0 saturated carbocycles. The number of benzene rings is 1. The molecule has 9 heteroatoms. The maximum Gasteiger partial charge on any atom is 0.451 e. The summed E-state index contributed by atoms with van der Waals surface area (Å²) in [5, 5.41) is 12.1. The largest absolute Gasteiger partial charge is 0.506 e. The molecule has 2 aromatic rings. The van der Waals surface area contributed by atoms with Gasteiger partial charge in [-0.25, -0.2) is 9.97 Å². The van der Waals surface area contributed by atoms with Crippen LogP contribution in [0.1, 0.15) is 16.2 Å². The van der Waals surface area contributed by atoms with Crippen molar-refractivity contribution >= 4 is 23.2 Å². The number of phenols is 1. The number of nitrogens with one attached hydrogen (secondary N) is 1. The van der Waals surface area contributed by atoms with Crippen molar-refractivity contribution in [2.24, 2.45) is 0 Å². The summed E-state index contributed by atoms with van der Waals surface area (Å²) in [6.07, 6.45) is -3.19. The third-order valence-electron chi connectivity index (χ3n) is 2.37. The number of nitrogens with zero attached hydrogens (tertiary/aromatic N) is 2. The quantitative estimate of drug-likeness (QED) is 0.835. The molecule has 5 nitrogen and oxygen atoms in total. The maximum atomic E-state index is 12.3. The van der Waals surface area contributed by atoms with Crippen LogP contribution in [0.15, 0.2) is 30.6 Å². The van der Waals surface area contributed by atoms with Crippen LogP contribution in [0, 0.1) is 0 Å². The number of hydrogen-bond acceptors (Lipinski definition) is 4. The monoisotopic (exact) mass is 317 g/mol. The molecule has 1 aromatic carbocycles. The average Bonchev–Trinajstić information content (AvgIpc) is 2.42. The molecule has 21 heavy (non-hydrogen) atoms. The number of carbonyl (C=O) groups is 1. The summed E-state index contributed by atoms with van der Waals surface area (Å²) in [7, 11) is 0. The second-order valence-corrected chi connectivity index (χ2v) is 4.35. The Morgan fingerprint density at radius 3 is 2.43 bits per heavy atom. The van der Waals surface area contributed by atoms with Crippen molar-refractivity contribution in [1.29, 1.82) is 0 Å². The van der Waals surface area contributed by atoms with E-state index in [4.69, 9.17) is 11.6 Å². The van der Waals surface area contributed by atoms with E-state index >= 15 is 0 Å². The van der Waals surface area contributed by atoms with Crippen molar-refractivity contribution in [3.8, 4) is 5.75 Å². The highest BCUT2D eigenvalue weighted by Gasteiger charge is 2.34. The van der Waals surface area contributed by atoms with Gasteiger partial charge in [0.1, 0.15) is 5.75 Å². The van der Waals surface area contributed by atoms with Crippen molar-refractivity contribution < 1.29 is 23.1 Å². The molecule has 0 saturated heterocycles. The molecular weight excluding hydrogens is 311 g/mol. The van der Waals surface area contributed by atoms with Gasteiger partial charge in [0.25, 0.3) is 5.91 Å². The van der Waals surface area contributed by atoms with Crippen LogP contribution in [0.25, 0.3) is 0 Å². The van der Waals surface area contributed by atoms with E-state index in [0.717, 1.165) is 12.4 Å². The summed E-state index contributed by atoms with van der Waals surface area (Å²) in [6, 6.07) is 3.97. The molecule has 0 bridgehead atoms. The van der Waals surface area contributed by atoms with Crippen molar-refractivity contribution in [3.05, 3.63) is 47.0 Å². The molecular formula is C12H7ClF3N3O2. The zero-order chi connectivity index (χ0) is 15.6. The number of hydrogen-bond donors (Lipinski definition) is 2. The van der Waals surface area contributed by atoms with E-state index in [0.29, 0.717) is 0 Å². The van der Waals surface area contributed by atoms with Gasteiger partial charge in [0.15, 0.2) is 0 Å². The van der Waals surface area contributed by atoms with E-state index in [9.17, 15) is 23.1 Å². The molecule has 0 fully saturated rings. The first-order chi connectivity index (χ1) is 9.77. The highest BCUT2D eigenvalue weighted by molar-refractivity contribution is 6.31. The molecule has 1 aromatic heterocycles. The van der Waals surface area contributed by atoms with Crippen molar-refractivity contribution in [2.75, 3.05) is 5.32 Å². The SMILES string of the molecule is O=C(Nc1cc(Cl)ccc1O)c1cnc(C(F)(F)F)nc1. The van der Waals surface area contributed by atoms with Gasteiger partial charge < -0.3 is 10.4 Å². The van der Waals surface area contributed by atoms with E-state index in [1.54, 1.807) is 0 Å². The molecule has 0 aliphatic rings. The van der Waals surface area contributed by atoms with Gasteiger partial charge in [0, 0.05) is 17.4 Å². The Kier molecular flexibility index (Phi) is 3.99. The Morgan fingerprint density at radius 1 is 1.24 bits per heavy atom. The summed E-state index contributed by atoms with van der Waals surface area (Å²) in [5.41, 5.74) is -0.172. The molecule has 2 rings (SSSR count). The fraction of sp³-hybridized carbons (Fsp3) is 0.0833.